The van der Waals surface area contributed by atoms with Crippen molar-refractivity contribution in [1.29, 1.82) is 0 Å². The molecule has 0 spiro atoms. The minimum absolute atomic E-state index is 0.245. The molecule has 0 atom stereocenters. The van der Waals surface area contributed by atoms with E-state index in [4.69, 9.17) is 46.4 Å². The zero-order chi connectivity index (χ0) is 12.6. The molecule has 2 rings (SSSR count). The highest BCUT2D eigenvalue weighted by Crippen LogP contribution is 2.34. The molecule has 17 heavy (non-hydrogen) atoms. The van der Waals surface area contributed by atoms with E-state index in [-0.39, 0.29) is 15.7 Å². The van der Waals surface area contributed by atoms with Gasteiger partial charge in [-0.2, -0.15) is 0 Å². The summed E-state index contributed by atoms with van der Waals surface area (Å²) in [4.78, 5) is 13.7. The molecule has 0 aliphatic carbocycles. The van der Waals surface area contributed by atoms with Gasteiger partial charge in [-0.3, -0.25) is 4.79 Å². The summed E-state index contributed by atoms with van der Waals surface area (Å²) in [5.41, 5.74) is 1.01. The number of halogens is 4. The van der Waals surface area contributed by atoms with E-state index < -0.39 is 0 Å². The van der Waals surface area contributed by atoms with Gasteiger partial charge in [0.25, 0.3) is 0 Å². The number of H-pyrrole nitrogens is 1. The quantitative estimate of drug-likeness (QED) is 0.603. The first-order chi connectivity index (χ1) is 7.97. The number of aromatic amines is 1. The number of benzene rings is 1. The summed E-state index contributed by atoms with van der Waals surface area (Å²) in [6.45, 7) is 0. The summed E-state index contributed by atoms with van der Waals surface area (Å²) in [6.07, 6.45) is 0. The summed E-state index contributed by atoms with van der Waals surface area (Å²) >= 11 is 23.4. The van der Waals surface area contributed by atoms with Gasteiger partial charge in [0.2, 0.25) is 5.56 Å². The van der Waals surface area contributed by atoms with Crippen LogP contribution in [0.1, 0.15) is 0 Å². The number of hydrogen-bond donors (Lipinski definition) is 1. The van der Waals surface area contributed by atoms with Crippen LogP contribution in [0.3, 0.4) is 0 Å². The van der Waals surface area contributed by atoms with Crippen molar-refractivity contribution in [3.63, 3.8) is 0 Å². The van der Waals surface area contributed by atoms with E-state index in [1.807, 2.05) is 0 Å². The van der Waals surface area contributed by atoms with Gasteiger partial charge < -0.3 is 4.98 Å². The predicted molar refractivity (Wildman–Crippen MR) is 72.5 cm³/mol. The summed E-state index contributed by atoms with van der Waals surface area (Å²) < 4.78 is 0. The van der Waals surface area contributed by atoms with E-state index in [0.29, 0.717) is 21.2 Å². The minimum atomic E-state index is -0.297. The molecule has 1 heterocycles. The highest BCUT2D eigenvalue weighted by molar-refractivity contribution is 6.48. The molecule has 0 saturated carbocycles. The molecular weight excluding hydrogens is 304 g/mol. The maximum atomic E-state index is 11.3. The third kappa shape index (κ3) is 2.78. The van der Waals surface area contributed by atoms with Crippen molar-refractivity contribution in [2.45, 2.75) is 0 Å². The number of pyridine rings is 1. The van der Waals surface area contributed by atoms with Crippen LogP contribution in [0.25, 0.3) is 11.1 Å². The van der Waals surface area contributed by atoms with Crippen LogP contribution in [0, 0.1) is 0 Å². The average molecular weight is 309 g/mol. The van der Waals surface area contributed by atoms with E-state index in [2.05, 4.69) is 4.98 Å². The van der Waals surface area contributed by atoms with Crippen LogP contribution in [-0.2, 0) is 0 Å². The molecule has 0 aliphatic rings. The van der Waals surface area contributed by atoms with Crippen molar-refractivity contribution in [3.05, 3.63) is 54.8 Å². The number of aromatic nitrogens is 1. The summed E-state index contributed by atoms with van der Waals surface area (Å²) in [7, 11) is 0. The molecule has 6 heteroatoms. The van der Waals surface area contributed by atoms with E-state index in [1.165, 1.54) is 6.07 Å². The van der Waals surface area contributed by atoms with Crippen LogP contribution >= 0.6 is 46.4 Å². The molecule has 0 saturated heterocycles. The number of nitrogens with one attached hydrogen (secondary N) is 1. The molecule has 2 aromatic rings. The van der Waals surface area contributed by atoms with Crippen LogP contribution in [0.2, 0.25) is 20.2 Å². The lowest BCUT2D eigenvalue weighted by Crippen LogP contribution is -2.03. The van der Waals surface area contributed by atoms with Gasteiger partial charge in [0.05, 0.1) is 15.1 Å². The molecule has 0 amide bonds. The lowest BCUT2D eigenvalue weighted by Gasteiger charge is -2.05. The second-order valence-corrected chi connectivity index (χ2v) is 4.93. The maximum absolute atomic E-state index is 11.3. The Morgan fingerprint density at radius 3 is 1.88 bits per heavy atom. The first kappa shape index (κ1) is 12.8. The highest BCUT2D eigenvalue weighted by atomic mass is 35.5. The first-order valence-electron chi connectivity index (χ1n) is 4.52. The van der Waals surface area contributed by atoms with Gasteiger partial charge in [-0.25, -0.2) is 0 Å². The van der Waals surface area contributed by atoms with E-state index in [1.54, 1.807) is 18.2 Å². The Labute approximate surface area is 117 Å². The topological polar surface area (TPSA) is 32.9 Å². The molecule has 2 nitrogen and oxygen atoms in total. The zero-order valence-electron chi connectivity index (χ0n) is 8.23. The monoisotopic (exact) mass is 307 g/mol. The summed E-state index contributed by atoms with van der Waals surface area (Å²) in [6, 6.07) is 6.27. The lowest BCUT2D eigenvalue weighted by atomic mass is 10.1. The van der Waals surface area contributed by atoms with Crippen molar-refractivity contribution in [1.82, 2.24) is 4.98 Å². The summed E-state index contributed by atoms with van der Waals surface area (Å²) in [5.74, 6) is 0. The Morgan fingerprint density at radius 2 is 1.35 bits per heavy atom. The van der Waals surface area contributed by atoms with Gasteiger partial charge >= 0.3 is 0 Å². The van der Waals surface area contributed by atoms with Gasteiger partial charge in [-0.15, -0.1) is 0 Å². The van der Waals surface area contributed by atoms with Crippen molar-refractivity contribution in [2.75, 3.05) is 0 Å². The number of rotatable bonds is 1. The molecule has 88 valence electrons. The second kappa shape index (κ2) is 4.91. The standard InChI is InChI=1S/C11H5Cl4NO/c12-7-1-5(2-8(13)11(7)15)6-3-9(14)16-10(17)4-6/h1-4H,(H,16,17). The Kier molecular flexibility index (Phi) is 3.69. The fraction of sp³-hybridized carbons (Fsp3) is 0. The molecule has 0 radical (unpaired) electrons. The fourth-order valence-corrected chi connectivity index (χ4v) is 2.20. The maximum Gasteiger partial charge on any atom is 0.249 e. The summed E-state index contributed by atoms with van der Waals surface area (Å²) in [5, 5.41) is 1.18. The van der Waals surface area contributed by atoms with Crippen molar-refractivity contribution in [2.24, 2.45) is 0 Å². The third-order valence-electron chi connectivity index (χ3n) is 2.13. The zero-order valence-corrected chi connectivity index (χ0v) is 11.3. The lowest BCUT2D eigenvalue weighted by molar-refractivity contribution is 1.24. The second-order valence-electron chi connectivity index (χ2n) is 3.34. The van der Waals surface area contributed by atoms with Crippen LogP contribution in [0.15, 0.2) is 29.1 Å². The van der Waals surface area contributed by atoms with E-state index >= 15 is 0 Å². The Balaban J connectivity index is 2.64. The van der Waals surface area contributed by atoms with Gasteiger partial charge in [-0.05, 0) is 29.3 Å². The molecule has 1 aromatic heterocycles. The molecule has 0 aliphatic heterocycles. The van der Waals surface area contributed by atoms with Gasteiger partial charge in [-0.1, -0.05) is 46.4 Å². The van der Waals surface area contributed by atoms with Crippen LogP contribution in [0.4, 0.5) is 0 Å². The van der Waals surface area contributed by atoms with E-state index in [0.717, 1.165) is 0 Å². The molecule has 0 unspecified atom stereocenters. The first-order valence-corrected chi connectivity index (χ1v) is 6.03. The molecule has 1 aromatic carbocycles. The van der Waals surface area contributed by atoms with Crippen LogP contribution in [0.5, 0.6) is 0 Å². The smallest absolute Gasteiger partial charge is 0.249 e. The van der Waals surface area contributed by atoms with Crippen molar-refractivity contribution < 1.29 is 0 Å². The fourth-order valence-electron chi connectivity index (χ4n) is 1.40. The van der Waals surface area contributed by atoms with E-state index in [9.17, 15) is 4.79 Å². The SMILES string of the molecule is O=c1cc(-c2cc(Cl)c(Cl)c(Cl)c2)cc(Cl)[nH]1. The molecule has 0 fully saturated rings. The Bertz CT molecular complexity index is 613. The van der Waals surface area contributed by atoms with Gasteiger partial charge in [0.1, 0.15) is 5.15 Å². The van der Waals surface area contributed by atoms with Crippen LogP contribution < -0.4 is 5.56 Å². The third-order valence-corrected chi connectivity index (χ3v) is 3.53. The molecule has 1 N–H and O–H groups in total. The Hall–Kier alpha value is -0.670. The Morgan fingerprint density at radius 1 is 0.824 bits per heavy atom. The van der Waals surface area contributed by atoms with Gasteiger partial charge in [0, 0.05) is 6.07 Å². The van der Waals surface area contributed by atoms with Crippen molar-refractivity contribution in [3.8, 4) is 11.1 Å². The normalized spacial score (nSPS) is 10.6. The van der Waals surface area contributed by atoms with Crippen molar-refractivity contribution >= 4 is 46.4 Å². The minimum Gasteiger partial charge on any atom is -0.313 e. The largest absolute Gasteiger partial charge is 0.313 e. The predicted octanol–water partition coefficient (Wildman–Crippen LogP) is 4.66. The van der Waals surface area contributed by atoms with Crippen LogP contribution in [-0.4, -0.2) is 4.98 Å². The highest BCUT2D eigenvalue weighted by Gasteiger charge is 2.08. The average Bonchev–Trinajstić information content (AvgIpc) is 2.23. The molecule has 0 bridgehead atoms. The molecular formula is C11H5Cl4NO. The number of hydrogen-bond acceptors (Lipinski definition) is 1. The van der Waals surface area contributed by atoms with Gasteiger partial charge in [0.15, 0.2) is 0 Å².